The number of aliphatic hydroxyl groups is 1. The number of pyridine rings is 1. The highest BCUT2D eigenvalue weighted by Crippen LogP contribution is 2.44. The van der Waals surface area contributed by atoms with E-state index < -0.39 is 17.7 Å². The molecular formula is C25H18ClN3O4S. The van der Waals surface area contributed by atoms with Gasteiger partial charge in [0.2, 0.25) is 0 Å². The van der Waals surface area contributed by atoms with Gasteiger partial charge in [-0.2, -0.15) is 0 Å². The highest BCUT2D eigenvalue weighted by atomic mass is 35.5. The normalized spacial score (nSPS) is 17.5. The van der Waals surface area contributed by atoms with E-state index >= 15 is 0 Å². The summed E-state index contributed by atoms with van der Waals surface area (Å²) in [5, 5.41) is 12.0. The largest absolute Gasteiger partial charge is 0.507 e. The Labute approximate surface area is 203 Å². The topological polar surface area (TPSA) is 92.6 Å². The van der Waals surface area contributed by atoms with E-state index in [-0.39, 0.29) is 11.3 Å². The van der Waals surface area contributed by atoms with Crippen molar-refractivity contribution in [2.75, 3.05) is 11.5 Å². The van der Waals surface area contributed by atoms with Crippen LogP contribution in [0.5, 0.6) is 5.75 Å². The van der Waals surface area contributed by atoms with Crippen molar-refractivity contribution in [3.8, 4) is 5.75 Å². The van der Waals surface area contributed by atoms with Gasteiger partial charge in [-0.25, -0.2) is 4.98 Å². The maximum atomic E-state index is 13.3. The number of ether oxygens (including phenoxy) is 1. The van der Waals surface area contributed by atoms with Crippen molar-refractivity contribution < 1.29 is 19.4 Å². The summed E-state index contributed by atoms with van der Waals surface area (Å²) in [6, 6.07) is 14.6. The first-order valence-corrected chi connectivity index (χ1v) is 11.7. The minimum absolute atomic E-state index is 0.0161. The average molecular weight is 492 g/mol. The lowest BCUT2D eigenvalue weighted by atomic mass is 9.95. The number of aromatic nitrogens is 2. The molecule has 1 N–H and O–H groups in total. The summed E-state index contributed by atoms with van der Waals surface area (Å²) in [5.41, 5.74) is 1.67. The lowest BCUT2D eigenvalue weighted by Crippen LogP contribution is -2.29. The fourth-order valence-corrected chi connectivity index (χ4v) is 5.18. The molecular weight excluding hydrogens is 474 g/mol. The molecule has 0 saturated carbocycles. The molecule has 1 aliphatic rings. The summed E-state index contributed by atoms with van der Waals surface area (Å²) in [6.45, 7) is 2.39. The van der Waals surface area contributed by atoms with E-state index in [1.165, 1.54) is 28.6 Å². The van der Waals surface area contributed by atoms with Gasteiger partial charge in [0.05, 0.1) is 28.4 Å². The van der Waals surface area contributed by atoms with Gasteiger partial charge in [-0.05, 0) is 55.0 Å². The molecule has 9 heteroatoms. The number of Topliss-reactive ketones (excluding diaryl/α,β-unsaturated/α-hetero) is 1. The number of amides is 1. The van der Waals surface area contributed by atoms with E-state index in [1.54, 1.807) is 54.6 Å². The Balaban J connectivity index is 1.70. The lowest BCUT2D eigenvalue weighted by molar-refractivity contribution is -0.132. The predicted octanol–water partition coefficient (Wildman–Crippen LogP) is 5.37. The number of aliphatic hydroxyl groups excluding tert-OH is 1. The zero-order chi connectivity index (χ0) is 23.8. The van der Waals surface area contributed by atoms with Gasteiger partial charge in [0.25, 0.3) is 5.78 Å². The van der Waals surface area contributed by atoms with Gasteiger partial charge in [0, 0.05) is 23.0 Å². The number of hydrogen-bond donors (Lipinski definition) is 1. The fraction of sp³-hybridized carbons (Fsp3) is 0.120. The van der Waals surface area contributed by atoms with Crippen LogP contribution in [-0.4, -0.2) is 33.4 Å². The van der Waals surface area contributed by atoms with Crippen LogP contribution < -0.4 is 9.64 Å². The zero-order valence-corrected chi connectivity index (χ0v) is 19.5. The number of anilines is 1. The molecule has 170 valence electrons. The molecule has 0 aliphatic carbocycles. The van der Waals surface area contributed by atoms with E-state index in [1.807, 2.05) is 6.92 Å². The molecule has 1 saturated heterocycles. The highest BCUT2D eigenvalue weighted by molar-refractivity contribution is 7.22. The van der Waals surface area contributed by atoms with Crippen LogP contribution in [0.25, 0.3) is 16.0 Å². The standard InChI is InChI=1S/C25H18ClN3O4S/c1-2-33-17-6-3-14(4-7-17)21-20(22(30)15-9-11-27-12-10-15)23(31)24(32)29(21)25-28-18-8-5-16(26)13-19(18)34-25/h3-13,21,30H,2H2,1H3. The Morgan fingerprint density at radius 2 is 1.85 bits per heavy atom. The summed E-state index contributed by atoms with van der Waals surface area (Å²) >= 11 is 7.38. The number of thiazole rings is 1. The van der Waals surface area contributed by atoms with Crippen molar-refractivity contribution in [2.45, 2.75) is 13.0 Å². The molecule has 7 nitrogen and oxygen atoms in total. The van der Waals surface area contributed by atoms with E-state index in [4.69, 9.17) is 16.3 Å². The average Bonchev–Trinajstić information content (AvgIpc) is 3.37. The number of carbonyl (C=O) groups is 2. The van der Waals surface area contributed by atoms with Crippen LogP contribution in [0.4, 0.5) is 5.13 Å². The quantitative estimate of drug-likeness (QED) is 0.229. The summed E-state index contributed by atoms with van der Waals surface area (Å²) < 4.78 is 6.31. The third-order valence-electron chi connectivity index (χ3n) is 5.45. The second-order valence-corrected chi connectivity index (χ2v) is 8.96. The smallest absolute Gasteiger partial charge is 0.301 e. The fourth-order valence-electron chi connectivity index (χ4n) is 3.91. The Hall–Kier alpha value is -3.75. The number of fused-ring (bicyclic) bond motifs is 1. The second-order valence-electron chi connectivity index (χ2n) is 7.52. The van der Waals surface area contributed by atoms with Gasteiger partial charge in [-0.15, -0.1) is 0 Å². The van der Waals surface area contributed by atoms with E-state index in [0.29, 0.717) is 39.2 Å². The van der Waals surface area contributed by atoms with Crippen molar-refractivity contribution >= 4 is 55.7 Å². The van der Waals surface area contributed by atoms with Crippen LogP contribution in [-0.2, 0) is 9.59 Å². The van der Waals surface area contributed by atoms with Crippen LogP contribution >= 0.6 is 22.9 Å². The van der Waals surface area contributed by atoms with Gasteiger partial charge < -0.3 is 9.84 Å². The maximum absolute atomic E-state index is 13.3. The molecule has 1 amide bonds. The molecule has 0 spiro atoms. The molecule has 1 unspecified atom stereocenters. The van der Waals surface area contributed by atoms with Crippen molar-refractivity contribution in [1.29, 1.82) is 0 Å². The first kappa shape index (κ1) is 22.1. The predicted molar refractivity (Wildman–Crippen MR) is 131 cm³/mol. The summed E-state index contributed by atoms with van der Waals surface area (Å²) in [6.07, 6.45) is 3.02. The van der Waals surface area contributed by atoms with Gasteiger partial charge in [-0.1, -0.05) is 35.1 Å². The minimum Gasteiger partial charge on any atom is -0.507 e. The number of ketones is 1. The van der Waals surface area contributed by atoms with Crippen molar-refractivity contribution in [2.24, 2.45) is 0 Å². The second kappa shape index (κ2) is 8.89. The number of benzene rings is 2. The van der Waals surface area contributed by atoms with Gasteiger partial charge in [-0.3, -0.25) is 19.5 Å². The minimum atomic E-state index is -0.875. The summed E-state index contributed by atoms with van der Waals surface area (Å²) in [4.78, 5) is 36.4. The van der Waals surface area contributed by atoms with Crippen LogP contribution in [0.2, 0.25) is 5.02 Å². The first-order chi connectivity index (χ1) is 16.5. The van der Waals surface area contributed by atoms with Crippen molar-refractivity contribution in [1.82, 2.24) is 9.97 Å². The van der Waals surface area contributed by atoms with Crippen LogP contribution in [0.3, 0.4) is 0 Å². The first-order valence-electron chi connectivity index (χ1n) is 10.5. The van der Waals surface area contributed by atoms with Gasteiger partial charge in [0.1, 0.15) is 11.5 Å². The molecule has 1 atom stereocenters. The van der Waals surface area contributed by atoms with Crippen LogP contribution in [0.1, 0.15) is 24.1 Å². The molecule has 5 rings (SSSR count). The number of halogens is 1. The number of hydrogen-bond acceptors (Lipinski definition) is 7. The van der Waals surface area contributed by atoms with Gasteiger partial charge in [0.15, 0.2) is 5.13 Å². The lowest BCUT2D eigenvalue weighted by Gasteiger charge is -2.23. The third-order valence-corrected chi connectivity index (χ3v) is 6.70. The molecule has 4 aromatic rings. The van der Waals surface area contributed by atoms with Crippen molar-refractivity contribution in [3.63, 3.8) is 0 Å². The number of rotatable bonds is 5. The molecule has 34 heavy (non-hydrogen) atoms. The van der Waals surface area contributed by atoms with E-state index in [2.05, 4.69) is 9.97 Å². The highest BCUT2D eigenvalue weighted by Gasteiger charge is 2.48. The maximum Gasteiger partial charge on any atom is 0.301 e. The monoisotopic (exact) mass is 491 g/mol. The zero-order valence-electron chi connectivity index (χ0n) is 17.9. The molecule has 2 aromatic heterocycles. The summed E-state index contributed by atoms with van der Waals surface area (Å²) in [7, 11) is 0. The van der Waals surface area contributed by atoms with Crippen molar-refractivity contribution in [3.05, 3.63) is 88.7 Å². The van der Waals surface area contributed by atoms with Crippen LogP contribution in [0, 0.1) is 0 Å². The Bertz CT molecular complexity index is 1430. The molecule has 3 heterocycles. The number of carbonyl (C=O) groups excluding carboxylic acids is 2. The number of nitrogens with zero attached hydrogens (tertiary/aromatic N) is 3. The third kappa shape index (κ3) is 3.81. The molecule has 1 fully saturated rings. The molecule has 1 aliphatic heterocycles. The summed E-state index contributed by atoms with van der Waals surface area (Å²) in [5.74, 6) is -1.16. The molecule has 2 aromatic carbocycles. The van der Waals surface area contributed by atoms with Crippen LogP contribution in [0.15, 0.2) is 72.6 Å². The molecule has 0 radical (unpaired) electrons. The Morgan fingerprint density at radius 3 is 2.56 bits per heavy atom. The van der Waals surface area contributed by atoms with E-state index in [9.17, 15) is 14.7 Å². The Kier molecular flexibility index (Phi) is 5.77. The van der Waals surface area contributed by atoms with E-state index in [0.717, 1.165) is 4.70 Å². The van der Waals surface area contributed by atoms with Gasteiger partial charge >= 0.3 is 5.91 Å². The Morgan fingerprint density at radius 1 is 1.12 bits per heavy atom. The molecule has 0 bridgehead atoms. The SMILES string of the molecule is CCOc1ccc(C2C(=C(O)c3ccncc3)C(=O)C(=O)N2c2nc3ccc(Cl)cc3s2)cc1.